The lowest BCUT2D eigenvalue weighted by Gasteiger charge is -2.25. The van der Waals surface area contributed by atoms with Crippen molar-refractivity contribution in [1.29, 1.82) is 0 Å². The molecule has 3 rings (SSSR count). The number of sulfone groups is 1. The highest BCUT2D eigenvalue weighted by atomic mass is 35.5. The van der Waals surface area contributed by atoms with Gasteiger partial charge in [-0.15, -0.1) is 12.4 Å². The standard InChI is InChI=1S/C26H36N4O5S3.ClH/c1-6-9-17-28(4)38(34,35)21-15-13-20(14-16-21)25(31)30(19-18-29(7-2)8-3)26-27-24-22(36-26)11-10-12-23(24)37(5,32)33;/h10-16H,6-9,17-19H2,1-5H3;1H. The average molecular weight is 617 g/mol. The van der Waals surface area contributed by atoms with Gasteiger partial charge in [0.25, 0.3) is 5.91 Å². The number of fused-ring (bicyclic) bond motifs is 1. The van der Waals surface area contributed by atoms with Gasteiger partial charge in [0.05, 0.1) is 14.5 Å². The lowest BCUT2D eigenvalue weighted by atomic mass is 10.2. The van der Waals surface area contributed by atoms with E-state index in [-0.39, 0.29) is 28.1 Å². The van der Waals surface area contributed by atoms with Crippen molar-refractivity contribution in [2.75, 3.05) is 50.9 Å². The van der Waals surface area contributed by atoms with E-state index in [4.69, 9.17) is 0 Å². The van der Waals surface area contributed by atoms with Crippen LogP contribution in [0.1, 0.15) is 44.0 Å². The van der Waals surface area contributed by atoms with Crippen LogP contribution in [0.5, 0.6) is 0 Å². The molecule has 0 saturated heterocycles. The minimum absolute atomic E-state index is 0. The van der Waals surface area contributed by atoms with E-state index in [9.17, 15) is 21.6 Å². The maximum Gasteiger partial charge on any atom is 0.260 e. The molecule has 216 valence electrons. The monoisotopic (exact) mass is 616 g/mol. The van der Waals surface area contributed by atoms with Gasteiger partial charge in [-0.3, -0.25) is 9.69 Å². The lowest BCUT2D eigenvalue weighted by molar-refractivity contribution is 0.0983. The number of aromatic nitrogens is 1. The smallest absolute Gasteiger partial charge is 0.260 e. The van der Waals surface area contributed by atoms with Crippen molar-refractivity contribution in [2.24, 2.45) is 0 Å². The first-order valence-corrected chi connectivity index (χ1v) is 16.8. The molecule has 0 atom stereocenters. The Labute approximate surface area is 242 Å². The minimum atomic E-state index is -3.66. The number of hydrogen-bond acceptors (Lipinski definition) is 8. The molecule has 0 aliphatic heterocycles. The Balaban J connectivity index is 0.00000533. The Kier molecular flexibility index (Phi) is 11.9. The van der Waals surface area contributed by atoms with E-state index in [1.165, 1.54) is 46.0 Å². The number of benzene rings is 2. The summed E-state index contributed by atoms with van der Waals surface area (Å²) in [6.45, 7) is 9.08. The molecule has 0 radical (unpaired) electrons. The van der Waals surface area contributed by atoms with Crippen molar-refractivity contribution in [2.45, 2.75) is 43.4 Å². The zero-order valence-corrected chi connectivity index (χ0v) is 26.2. The molecule has 0 unspecified atom stereocenters. The number of carbonyl (C=O) groups is 1. The lowest BCUT2D eigenvalue weighted by Crippen LogP contribution is -2.39. The molecule has 9 nitrogen and oxygen atoms in total. The van der Waals surface area contributed by atoms with Crippen LogP contribution in [0.4, 0.5) is 5.13 Å². The number of likely N-dealkylation sites (N-methyl/N-ethyl adjacent to an activating group) is 1. The van der Waals surface area contributed by atoms with Gasteiger partial charge in [-0.2, -0.15) is 0 Å². The molecule has 3 aromatic rings. The van der Waals surface area contributed by atoms with E-state index in [1.54, 1.807) is 24.1 Å². The van der Waals surface area contributed by atoms with E-state index in [0.717, 1.165) is 32.2 Å². The van der Waals surface area contributed by atoms with E-state index in [2.05, 4.69) is 9.88 Å². The van der Waals surface area contributed by atoms with Gasteiger partial charge in [0.1, 0.15) is 5.52 Å². The highest BCUT2D eigenvalue weighted by Gasteiger charge is 2.25. The molecule has 2 aromatic carbocycles. The second kappa shape index (κ2) is 14.0. The summed E-state index contributed by atoms with van der Waals surface area (Å²) in [7, 11) is -5.61. The molecule has 1 heterocycles. The van der Waals surface area contributed by atoms with Gasteiger partial charge in [-0.25, -0.2) is 26.1 Å². The number of unbranched alkanes of at least 4 members (excludes halogenated alkanes) is 1. The Morgan fingerprint density at radius 3 is 2.13 bits per heavy atom. The summed E-state index contributed by atoms with van der Waals surface area (Å²) in [5.74, 6) is -0.333. The predicted molar refractivity (Wildman–Crippen MR) is 161 cm³/mol. The van der Waals surface area contributed by atoms with Crippen LogP contribution in [0, 0.1) is 0 Å². The SMILES string of the molecule is CCCCN(C)S(=O)(=O)c1ccc(C(=O)N(CCN(CC)CC)c2nc3c(S(C)(=O)=O)cccc3s2)cc1.Cl. The van der Waals surface area contributed by atoms with E-state index >= 15 is 0 Å². The number of halogens is 1. The second-order valence-electron chi connectivity index (χ2n) is 9.06. The molecule has 0 aliphatic carbocycles. The largest absolute Gasteiger partial charge is 0.302 e. The number of hydrogen-bond donors (Lipinski definition) is 0. The third-order valence-corrected chi connectivity index (χ3v) is 10.5. The maximum atomic E-state index is 13.7. The number of thiazole rings is 1. The molecule has 0 fully saturated rings. The number of sulfonamides is 1. The van der Waals surface area contributed by atoms with Crippen LogP contribution < -0.4 is 4.90 Å². The van der Waals surface area contributed by atoms with Gasteiger partial charge in [-0.1, -0.05) is 44.6 Å². The van der Waals surface area contributed by atoms with Crippen LogP contribution in [0.3, 0.4) is 0 Å². The molecular weight excluding hydrogens is 580 g/mol. The van der Waals surface area contributed by atoms with Crippen molar-refractivity contribution < 1.29 is 21.6 Å². The van der Waals surface area contributed by atoms with Gasteiger partial charge in [0.2, 0.25) is 10.0 Å². The van der Waals surface area contributed by atoms with Crippen LogP contribution in [-0.4, -0.2) is 83.0 Å². The maximum absolute atomic E-state index is 13.7. The van der Waals surface area contributed by atoms with E-state index < -0.39 is 19.9 Å². The number of anilines is 1. The third kappa shape index (κ3) is 7.77. The predicted octanol–water partition coefficient (Wildman–Crippen LogP) is 4.53. The molecule has 13 heteroatoms. The number of carbonyl (C=O) groups excluding carboxylic acids is 1. The van der Waals surface area contributed by atoms with Crippen LogP contribution in [0.2, 0.25) is 0 Å². The van der Waals surface area contributed by atoms with Crippen LogP contribution in [0.15, 0.2) is 52.3 Å². The number of nitrogens with zero attached hydrogens (tertiary/aromatic N) is 4. The van der Waals surface area contributed by atoms with Crippen molar-refractivity contribution >= 4 is 64.9 Å². The number of rotatable bonds is 13. The van der Waals surface area contributed by atoms with Crippen molar-refractivity contribution in [3.63, 3.8) is 0 Å². The third-order valence-electron chi connectivity index (χ3n) is 6.42. The highest BCUT2D eigenvalue weighted by Crippen LogP contribution is 2.33. The molecule has 0 aliphatic rings. The molecule has 0 N–H and O–H groups in total. The fraction of sp³-hybridized carbons (Fsp3) is 0.462. The van der Waals surface area contributed by atoms with Gasteiger partial charge in [0.15, 0.2) is 15.0 Å². The van der Waals surface area contributed by atoms with Gasteiger partial charge in [-0.05, 0) is 55.9 Å². The number of para-hydroxylation sites is 1. The first kappa shape index (κ1) is 33.1. The van der Waals surface area contributed by atoms with Crippen LogP contribution in [-0.2, 0) is 19.9 Å². The van der Waals surface area contributed by atoms with Gasteiger partial charge < -0.3 is 4.90 Å². The molecule has 1 aromatic heterocycles. The molecule has 1 amide bonds. The van der Waals surface area contributed by atoms with Crippen molar-refractivity contribution in [3.8, 4) is 0 Å². The van der Waals surface area contributed by atoms with Crippen molar-refractivity contribution in [3.05, 3.63) is 48.0 Å². The molecule has 39 heavy (non-hydrogen) atoms. The summed E-state index contributed by atoms with van der Waals surface area (Å²) in [4.78, 5) is 22.3. The zero-order chi connectivity index (χ0) is 28.1. The van der Waals surface area contributed by atoms with E-state index in [0.29, 0.717) is 40.5 Å². The zero-order valence-electron chi connectivity index (χ0n) is 23.0. The Bertz CT molecular complexity index is 1470. The highest BCUT2D eigenvalue weighted by molar-refractivity contribution is 7.91. The number of amides is 1. The van der Waals surface area contributed by atoms with Crippen molar-refractivity contribution in [1.82, 2.24) is 14.2 Å². The Morgan fingerprint density at radius 2 is 1.56 bits per heavy atom. The topological polar surface area (TPSA) is 108 Å². The first-order chi connectivity index (χ1) is 17.9. The minimum Gasteiger partial charge on any atom is -0.302 e. The second-order valence-corrected chi connectivity index (χ2v) is 14.1. The summed E-state index contributed by atoms with van der Waals surface area (Å²) < 4.78 is 52.4. The molecule has 0 saturated carbocycles. The molecule has 0 bridgehead atoms. The molecule has 0 spiro atoms. The fourth-order valence-electron chi connectivity index (χ4n) is 4.00. The first-order valence-electron chi connectivity index (χ1n) is 12.6. The normalized spacial score (nSPS) is 12.2. The fourth-order valence-corrected chi connectivity index (χ4v) is 7.12. The van der Waals surface area contributed by atoms with E-state index in [1.807, 2.05) is 20.8 Å². The Morgan fingerprint density at radius 1 is 0.923 bits per heavy atom. The summed E-state index contributed by atoms with van der Waals surface area (Å²) in [5.41, 5.74) is 0.662. The summed E-state index contributed by atoms with van der Waals surface area (Å²) in [6.07, 6.45) is 2.78. The summed E-state index contributed by atoms with van der Waals surface area (Å²) in [5, 5.41) is 0.393. The van der Waals surface area contributed by atoms with Crippen LogP contribution >= 0.6 is 23.7 Å². The summed E-state index contributed by atoms with van der Waals surface area (Å²) >= 11 is 1.25. The molecular formula is C26H37ClN4O5S3. The van der Waals surface area contributed by atoms with Gasteiger partial charge >= 0.3 is 0 Å². The quantitative estimate of drug-likeness (QED) is 0.278. The van der Waals surface area contributed by atoms with Crippen LogP contribution in [0.25, 0.3) is 10.2 Å². The average Bonchev–Trinajstić information content (AvgIpc) is 3.32. The summed E-state index contributed by atoms with van der Waals surface area (Å²) in [6, 6.07) is 10.9. The van der Waals surface area contributed by atoms with Gasteiger partial charge in [0, 0.05) is 38.5 Å². The Hall–Kier alpha value is -2.09.